The molecule has 2 rings (SSSR count). The highest BCUT2D eigenvalue weighted by molar-refractivity contribution is 5.67. The third kappa shape index (κ3) is 0.699. The number of nitrogens with zero attached hydrogens (tertiary/aromatic N) is 4. The van der Waals surface area contributed by atoms with Crippen LogP contribution in [-0.2, 0) is 0 Å². The van der Waals surface area contributed by atoms with Crippen LogP contribution in [-0.4, -0.2) is 20.2 Å². The molecule has 0 N–H and O–H groups in total. The molecule has 0 aliphatic heterocycles. The van der Waals surface area contributed by atoms with Gasteiger partial charge in [-0.15, -0.1) is 10.2 Å². The summed E-state index contributed by atoms with van der Waals surface area (Å²) in [6.07, 6.45) is 4.02. The van der Waals surface area contributed by atoms with Crippen molar-refractivity contribution in [3.63, 3.8) is 0 Å². The van der Waals surface area contributed by atoms with Gasteiger partial charge in [0, 0.05) is 6.20 Å². The topological polar surface area (TPSA) is 51.6 Å². The molecule has 2 aromatic rings. The van der Waals surface area contributed by atoms with E-state index in [1.165, 1.54) is 0 Å². The molecule has 0 unspecified atom stereocenters. The molecule has 1 radical (unpaired) electrons. The number of fused-ring (bicyclic) bond motifs is 1. The summed E-state index contributed by atoms with van der Waals surface area (Å²) in [5.41, 5.74) is 1.28. The smallest absolute Gasteiger partial charge is 0.223 e. The molecule has 0 saturated heterocycles. The maximum atomic E-state index is 3.94. The highest BCUT2D eigenvalue weighted by Crippen LogP contribution is 1.98. The predicted molar refractivity (Wildman–Crippen MR) is 34.0 cm³/mol. The summed E-state index contributed by atoms with van der Waals surface area (Å²) < 4.78 is 0. The largest absolute Gasteiger partial charge is 0.235 e. The first-order valence-electron chi connectivity index (χ1n) is 2.78. The summed E-state index contributed by atoms with van der Waals surface area (Å²) in [6, 6.07) is 3.59. The fraction of sp³-hybridized carbons (Fsp3) is 0. The fourth-order valence-corrected chi connectivity index (χ4v) is 0.699. The van der Waals surface area contributed by atoms with Gasteiger partial charge in [-0.05, 0) is 12.1 Å². The summed E-state index contributed by atoms with van der Waals surface area (Å²) >= 11 is 0. The van der Waals surface area contributed by atoms with Crippen molar-refractivity contribution in [2.24, 2.45) is 0 Å². The summed E-state index contributed by atoms with van der Waals surface area (Å²) in [6.45, 7) is 0. The zero-order valence-electron chi connectivity index (χ0n) is 5.02. The molecule has 4 heteroatoms. The Morgan fingerprint density at radius 1 is 1.40 bits per heavy atom. The van der Waals surface area contributed by atoms with Crippen LogP contribution in [0.3, 0.4) is 0 Å². The van der Waals surface area contributed by atoms with E-state index in [1.807, 2.05) is 0 Å². The van der Waals surface area contributed by atoms with Crippen LogP contribution in [0.4, 0.5) is 0 Å². The van der Waals surface area contributed by atoms with Crippen LogP contribution in [0, 0.1) is 6.33 Å². The third-order valence-corrected chi connectivity index (χ3v) is 1.12. The third-order valence-electron chi connectivity index (χ3n) is 1.12. The van der Waals surface area contributed by atoms with Gasteiger partial charge in [0.05, 0.1) is 0 Å². The van der Waals surface area contributed by atoms with E-state index in [2.05, 4.69) is 26.5 Å². The first kappa shape index (κ1) is 5.22. The average molecular weight is 131 g/mol. The second kappa shape index (κ2) is 1.98. The molecule has 0 spiro atoms. The van der Waals surface area contributed by atoms with Crippen LogP contribution < -0.4 is 0 Å². The standard InChI is InChI=1S/C6H3N4/c1-2-5-6(7-3-1)8-4-9-10-5/h1-3H. The highest BCUT2D eigenvalue weighted by Gasteiger charge is 1.91. The van der Waals surface area contributed by atoms with Crippen LogP contribution >= 0.6 is 0 Å². The van der Waals surface area contributed by atoms with Crippen molar-refractivity contribution in [3.05, 3.63) is 24.7 Å². The summed E-state index contributed by atoms with van der Waals surface area (Å²) in [5, 5.41) is 7.24. The molecule has 2 aromatic heterocycles. The Bertz CT molecular complexity index is 281. The lowest BCUT2D eigenvalue weighted by molar-refractivity contribution is 0.997. The van der Waals surface area contributed by atoms with Gasteiger partial charge < -0.3 is 0 Å². The van der Waals surface area contributed by atoms with Gasteiger partial charge in [-0.25, -0.2) is 9.97 Å². The van der Waals surface area contributed by atoms with Crippen LogP contribution in [0.5, 0.6) is 0 Å². The molecule has 0 bridgehead atoms. The van der Waals surface area contributed by atoms with Gasteiger partial charge in [-0.3, -0.25) is 0 Å². The molecule has 10 heavy (non-hydrogen) atoms. The van der Waals surface area contributed by atoms with Gasteiger partial charge in [0.1, 0.15) is 5.52 Å². The second-order valence-electron chi connectivity index (χ2n) is 1.76. The molecule has 0 fully saturated rings. The van der Waals surface area contributed by atoms with E-state index in [4.69, 9.17) is 0 Å². The SMILES string of the molecule is [c]1nnc2cccnc2n1. The van der Waals surface area contributed by atoms with Crippen molar-refractivity contribution >= 4 is 11.2 Å². The number of hydrogen-bond acceptors (Lipinski definition) is 4. The lowest BCUT2D eigenvalue weighted by atomic mass is 10.4. The molecule has 0 aliphatic rings. The van der Waals surface area contributed by atoms with E-state index >= 15 is 0 Å². The van der Waals surface area contributed by atoms with E-state index in [9.17, 15) is 0 Å². The number of aromatic nitrogens is 4. The quantitative estimate of drug-likeness (QED) is 0.513. The summed E-state index contributed by atoms with van der Waals surface area (Å²) in [4.78, 5) is 7.71. The monoisotopic (exact) mass is 131 g/mol. The Morgan fingerprint density at radius 2 is 2.40 bits per heavy atom. The minimum absolute atomic E-state index is 0.581. The van der Waals surface area contributed by atoms with Crippen molar-refractivity contribution in [2.45, 2.75) is 0 Å². The van der Waals surface area contributed by atoms with E-state index in [0.717, 1.165) is 0 Å². The van der Waals surface area contributed by atoms with Gasteiger partial charge in [-0.2, -0.15) is 0 Å². The minimum atomic E-state index is 0.581. The molecule has 0 aromatic carbocycles. The van der Waals surface area contributed by atoms with Crippen molar-refractivity contribution in [1.29, 1.82) is 0 Å². The Morgan fingerprint density at radius 3 is 3.30 bits per heavy atom. The molecule has 2 heterocycles. The molecule has 47 valence electrons. The Balaban J connectivity index is 2.89. The normalized spacial score (nSPS) is 10.0. The second-order valence-corrected chi connectivity index (χ2v) is 1.76. The average Bonchev–Trinajstić information content (AvgIpc) is 2.05. The van der Waals surface area contributed by atoms with Crippen molar-refractivity contribution in [2.75, 3.05) is 0 Å². The van der Waals surface area contributed by atoms with E-state index < -0.39 is 0 Å². The molecule has 4 nitrogen and oxygen atoms in total. The number of pyridine rings is 1. The Labute approximate surface area is 57.0 Å². The maximum Gasteiger partial charge on any atom is 0.223 e. The van der Waals surface area contributed by atoms with Gasteiger partial charge in [-0.1, -0.05) is 0 Å². The van der Waals surface area contributed by atoms with Crippen LogP contribution in [0.25, 0.3) is 11.2 Å². The van der Waals surface area contributed by atoms with Gasteiger partial charge in [0.15, 0.2) is 5.65 Å². The van der Waals surface area contributed by atoms with E-state index in [0.29, 0.717) is 11.2 Å². The minimum Gasteiger partial charge on any atom is -0.235 e. The zero-order chi connectivity index (χ0) is 6.81. The molecular formula is C6H3N4. The highest BCUT2D eigenvalue weighted by atomic mass is 15.1. The molecule has 0 saturated carbocycles. The number of rotatable bonds is 0. The lowest BCUT2D eigenvalue weighted by Gasteiger charge is -1.87. The Kier molecular flexibility index (Phi) is 1.04. The van der Waals surface area contributed by atoms with Crippen LogP contribution in [0.1, 0.15) is 0 Å². The van der Waals surface area contributed by atoms with E-state index in [1.54, 1.807) is 18.3 Å². The molecular weight excluding hydrogens is 128 g/mol. The summed E-state index contributed by atoms with van der Waals surface area (Å²) in [7, 11) is 0. The molecule has 0 atom stereocenters. The van der Waals surface area contributed by atoms with Gasteiger partial charge >= 0.3 is 0 Å². The van der Waals surface area contributed by atoms with Gasteiger partial charge in [0.25, 0.3) is 0 Å². The fourth-order valence-electron chi connectivity index (χ4n) is 0.699. The molecule has 0 aliphatic carbocycles. The maximum absolute atomic E-state index is 3.94. The van der Waals surface area contributed by atoms with Crippen LogP contribution in [0.15, 0.2) is 18.3 Å². The van der Waals surface area contributed by atoms with Crippen molar-refractivity contribution < 1.29 is 0 Å². The number of hydrogen-bond donors (Lipinski definition) is 0. The predicted octanol–water partition coefficient (Wildman–Crippen LogP) is 0.220. The first-order chi connectivity index (χ1) is 4.97. The first-order valence-corrected chi connectivity index (χ1v) is 2.78. The van der Waals surface area contributed by atoms with Crippen LogP contribution in [0.2, 0.25) is 0 Å². The molecule has 0 amide bonds. The zero-order valence-corrected chi connectivity index (χ0v) is 5.02. The van der Waals surface area contributed by atoms with Crippen molar-refractivity contribution in [3.8, 4) is 0 Å². The summed E-state index contributed by atoms with van der Waals surface area (Å²) in [5.74, 6) is 0. The lowest BCUT2D eigenvalue weighted by Crippen LogP contribution is -1.88. The van der Waals surface area contributed by atoms with Gasteiger partial charge in [0.2, 0.25) is 6.33 Å². The van der Waals surface area contributed by atoms with Crippen molar-refractivity contribution in [1.82, 2.24) is 20.2 Å². The van der Waals surface area contributed by atoms with E-state index in [-0.39, 0.29) is 0 Å². The Hall–Kier alpha value is -1.58.